The number of benzene rings is 2. The molecule has 0 saturated heterocycles. The van der Waals surface area contributed by atoms with E-state index in [9.17, 15) is 22.4 Å². The number of hydrogen-bond donors (Lipinski definition) is 0. The number of ether oxygens (including phenoxy) is 2. The van der Waals surface area contributed by atoms with Crippen LogP contribution in [0.5, 0.6) is 5.75 Å². The third kappa shape index (κ3) is 4.56. The molecule has 0 aliphatic rings. The predicted molar refractivity (Wildman–Crippen MR) is 68.8 cm³/mol. The van der Waals surface area contributed by atoms with Gasteiger partial charge in [-0.1, -0.05) is 18.2 Å². The van der Waals surface area contributed by atoms with E-state index in [1.54, 1.807) is 30.3 Å². The van der Waals surface area contributed by atoms with Gasteiger partial charge in [-0.05, 0) is 36.4 Å². The maximum atomic E-state index is 13.2. The summed E-state index contributed by atoms with van der Waals surface area (Å²) in [5.74, 6) is -0.548. The van der Waals surface area contributed by atoms with Crippen molar-refractivity contribution in [3.63, 3.8) is 0 Å². The van der Waals surface area contributed by atoms with Gasteiger partial charge in [0.15, 0.2) is 0 Å². The lowest BCUT2D eigenvalue weighted by Crippen LogP contribution is -2.15. The van der Waals surface area contributed by atoms with Crippen LogP contribution in [-0.2, 0) is 4.74 Å². The number of carbonyl (C=O) groups excluding carboxylic acids is 1. The van der Waals surface area contributed by atoms with Crippen LogP contribution in [0, 0.1) is 0 Å². The molecule has 0 aliphatic carbocycles. The minimum atomic E-state index is -5.07. The monoisotopic (exact) mass is 314 g/mol. The molecule has 0 saturated carbocycles. The fraction of sp³-hybridized carbons (Fsp3) is 0.133. The molecule has 0 spiro atoms. The van der Waals surface area contributed by atoms with E-state index < -0.39 is 18.7 Å². The first-order valence-electron chi connectivity index (χ1n) is 6.11. The molecule has 0 aromatic heterocycles. The van der Waals surface area contributed by atoms with Crippen molar-refractivity contribution in [2.75, 3.05) is 0 Å². The van der Waals surface area contributed by atoms with Crippen molar-refractivity contribution in [1.82, 2.24) is 0 Å². The van der Waals surface area contributed by atoms with E-state index in [4.69, 9.17) is 4.74 Å². The lowest BCUT2D eigenvalue weighted by Gasteiger charge is -2.12. The van der Waals surface area contributed by atoms with Gasteiger partial charge >= 0.3 is 12.3 Å². The molecule has 116 valence electrons. The first-order valence-corrected chi connectivity index (χ1v) is 6.11. The highest BCUT2D eigenvalue weighted by Gasteiger charge is 2.34. The molecule has 0 amide bonds. The zero-order chi connectivity index (χ0) is 16.2. The predicted octanol–water partition coefficient (Wildman–Crippen LogP) is 4.41. The molecule has 22 heavy (non-hydrogen) atoms. The van der Waals surface area contributed by atoms with Gasteiger partial charge < -0.3 is 4.74 Å². The van der Waals surface area contributed by atoms with Crippen molar-refractivity contribution in [3.05, 3.63) is 65.7 Å². The first kappa shape index (κ1) is 16.0. The third-order valence-corrected chi connectivity index (χ3v) is 2.60. The minimum Gasteiger partial charge on any atom is -0.423 e. The van der Waals surface area contributed by atoms with Gasteiger partial charge in [-0.15, -0.1) is 13.2 Å². The SMILES string of the molecule is O=C(Oc1ccc(C(F)OC(F)(F)F)cc1)c1ccccc1. The largest absolute Gasteiger partial charge is 0.525 e. The Morgan fingerprint density at radius 2 is 1.55 bits per heavy atom. The Labute approximate surface area is 123 Å². The van der Waals surface area contributed by atoms with Gasteiger partial charge in [-0.2, -0.15) is 0 Å². The Kier molecular flexibility index (Phi) is 4.77. The van der Waals surface area contributed by atoms with Crippen LogP contribution in [0.3, 0.4) is 0 Å². The number of rotatable bonds is 4. The molecule has 1 atom stereocenters. The normalized spacial score (nSPS) is 12.7. The Bertz CT molecular complexity index is 623. The molecular weight excluding hydrogens is 304 g/mol. The minimum absolute atomic E-state index is 0.0804. The van der Waals surface area contributed by atoms with Crippen LogP contribution < -0.4 is 4.74 Å². The molecule has 0 aliphatic heterocycles. The molecule has 2 aromatic carbocycles. The van der Waals surface area contributed by atoms with Crippen LogP contribution in [0.1, 0.15) is 22.3 Å². The molecule has 0 heterocycles. The van der Waals surface area contributed by atoms with Crippen molar-refractivity contribution >= 4 is 5.97 Å². The zero-order valence-corrected chi connectivity index (χ0v) is 11.0. The van der Waals surface area contributed by atoms with Gasteiger partial charge in [0.1, 0.15) is 5.75 Å². The quantitative estimate of drug-likeness (QED) is 0.476. The van der Waals surface area contributed by atoms with E-state index in [2.05, 4.69) is 4.74 Å². The summed E-state index contributed by atoms with van der Waals surface area (Å²) >= 11 is 0. The van der Waals surface area contributed by atoms with E-state index >= 15 is 0 Å². The van der Waals surface area contributed by atoms with Crippen LogP contribution in [0.4, 0.5) is 17.6 Å². The second kappa shape index (κ2) is 6.57. The van der Waals surface area contributed by atoms with E-state index in [1.165, 1.54) is 12.1 Å². The number of alkyl halides is 4. The van der Waals surface area contributed by atoms with Crippen molar-refractivity contribution in [3.8, 4) is 5.75 Å². The van der Waals surface area contributed by atoms with Gasteiger partial charge in [0.05, 0.1) is 5.56 Å². The summed E-state index contributed by atoms with van der Waals surface area (Å²) in [5.41, 5.74) is -0.0211. The van der Waals surface area contributed by atoms with Gasteiger partial charge in [0, 0.05) is 5.56 Å². The van der Waals surface area contributed by atoms with Gasteiger partial charge in [0.2, 0.25) is 6.36 Å². The molecule has 3 nitrogen and oxygen atoms in total. The molecule has 0 radical (unpaired) electrons. The van der Waals surface area contributed by atoms with E-state index in [0.717, 1.165) is 12.1 Å². The van der Waals surface area contributed by atoms with Crippen molar-refractivity contribution in [2.45, 2.75) is 12.7 Å². The van der Waals surface area contributed by atoms with Crippen LogP contribution in [0.15, 0.2) is 54.6 Å². The molecule has 0 bridgehead atoms. The summed E-state index contributed by atoms with van der Waals surface area (Å²) in [7, 11) is 0. The Hall–Kier alpha value is -2.41. The molecule has 7 heteroatoms. The maximum Gasteiger partial charge on any atom is 0.525 e. The molecule has 2 rings (SSSR count). The van der Waals surface area contributed by atoms with Crippen molar-refractivity contribution in [1.29, 1.82) is 0 Å². The van der Waals surface area contributed by atoms with Crippen LogP contribution in [0.25, 0.3) is 0 Å². The number of esters is 1. The van der Waals surface area contributed by atoms with Crippen molar-refractivity contribution in [2.24, 2.45) is 0 Å². The molecule has 2 aromatic rings. The maximum absolute atomic E-state index is 13.2. The Morgan fingerprint density at radius 3 is 2.09 bits per heavy atom. The smallest absolute Gasteiger partial charge is 0.423 e. The number of halogens is 4. The first-order chi connectivity index (χ1) is 10.3. The lowest BCUT2D eigenvalue weighted by molar-refractivity contribution is -0.363. The van der Waals surface area contributed by atoms with Gasteiger partial charge in [-0.3, -0.25) is 4.74 Å². The van der Waals surface area contributed by atoms with Crippen LogP contribution in [-0.4, -0.2) is 12.3 Å². The van der Waals surface area contributed by atoms with Crippen LogP contribution >= 0.6 is 0 Å². The summed E-state index contributed by atoms with van der Waals surface area (Å²) in [4.78, 5) is 11.8. The van der Waals surface area contributed by atoms with Gasteiger partial charge in [-0.25, -0.2) is 9.18 Å². The van der Waals surface area contributed by atoms with Crippen LogP contribution in [0.2, 0.25) is 0 Å². The Morgan fingerprint density at radius 1 is 0.955 bits per heavy atom. The van der Waals surface area contributed by atoms with E-state index in [1.807, 2.05) is 0 Å². The summed E-state index contributed by atoms with van der Waals surface area (Å²) < 4.78 is 57.2. The number of hydrogen-bond acceptors (Lipinski definition) is 3. The summed E-state index contributed by atoms with van der Waals surface area (Å²) in [6, 6.07) is 12.6. The van der Waals surface area contributed by atoms with Gasteiger partial charge in [0.25, 0.3) is 0 Å². The molecular formula is C15H10F4O3. The highest BCUT2D eigenvalue weighted by molar-refractivity contribution is 5.90. The van der Waals surface area contributed by atoms with E-state index in [0.29, 0.717) is 5.56 Å². The topological polar surface area (TPSA) is 35.5 Å². The lowest BCUT2D eigenvalue weighted by atomic mass is 10.2. The average molecular weight is 314 g/mol. The molecule has 0 fully saturated rings. The second-order valence-corrected chi connectivity index (χ2v) is 4.20. The standard InChI is InChI=1S/C15H10F4O3/c16-13(22-15(17,18)19)10-6-8-12(9-7-10)21-14(20)11-4-2-1-3-5-11/h1-9,13H. The Balaban J connectivity index is 2.02. The molecule has 1 unspecified atom stereocenters. The summed E-state index contributed by atoms with van der Waals surface area (Å²) in [5, 5.41) is 0. The third-order valence-electron chi connectivity index (χ3n) is 2.60. The zero-order valence-electron chi connectivity index (χ0n) is 11.0. The second-order valence-electron chi connectivity index (χ2n) is 4.20. The number of carbonyl (C=O) groups is 1. The fourth-order valence-corrected chi connectivity index (χ4v) is 1.61. The highest BCUT2D eigenvalue weighted by Crippen LogP contribution is 2.29. The average Bonchev–Trinajstić information content (AvgIpc) is 2.47. The summed E-state index contributed by atoms with van der Waals surface area (Å²) in [6.07, 6.45) is -7.71. The molecule has 0 N–H and O–H groups in total. The van der Waals surface area contributed by atoms with Crippen molar-refractivity contribution < 1.29 is 31.8 Å². The van der Waals surface area contributed by atoms with E-state index in [-0.39, 0.29) is 11.3 Å². The highest BCUT2D eigenvalue weighted by atomic mass is 19.4. The fourth-order valence-electron chi connectivity index (χ4n) is 1.61. The summed E-state index contributed by atoms with van der Waals surface area (Å²) in [6.45, 7) is 0.